The summed E-state index contributed by atoms with van der Waals surface area (Å²) < 4.78 is 28.7. The number of hydrogen-bond donors (Lipinski definition) is 0. The molecular weight excluding hydrogens is 280 g/mol. The fourth-order valence-electron chi connectivity index (χ4n) is 1.12. The van der Waals surface area contributed by atoms with Gasteiger partial charge < -0.3 is 0 Å². The Labute approximate surface area is 106 Å². The van der Waals surface area contributed by atoms with Crippen LogP contribution in [0.1, 0.15) is 0 Å². The third-order valence-electron chi connectivity index (χ3n) is 1.81. The monoisotopic (exact) mass is 286 g/mol. The second-order valence-electron chi connectivity index (χ2n) is 2.87. The van der Waals surface area contributed by atoms with Crippen molar-refractivity contribution in [1.29, 1.82) is 5.26 Å². The van der Waals surface area contributed by atoms with Crippen molar-refractivity contribution in [2.45, 2.75) is 4.34 Å². The van der Waals surface area contributed by atoms with E-state index >= 15 is 0 Å². The van der Waals surface area contributed by atoms with Crippen molar-refractivity contribution >= 4 is 43.4 Å². The van der Waals surface area contributed by atoms with Crippen LogP contribution in [0.3, 0.4) is 0 Å². The first-order chi connectivity index (χ1) is 8.13. The van der Waals surface area contributed by atoms with Gasteiger partial charge in [0, 0.05) is 0 Å². The minimum absolute atomic E-state index is 0.0859. The van der Waals surface area contributed by atoms with Crippen LogP contribution in [0, 0.1) is 10.7 Å². The molecule has 8 heteroatoms. The Balaban J connectivity index is 2.30. The Bertz CT molecular complexity index is 639. The van der Waals surface area contributed by atoms with Crippen LogP contribution >= 0.6 is 23.1 Å². The lowest BCUT2D eigenvalue weighted by Crippen LogP contribution is -2.05. The Morgan fingerprint density at radius 2 is 2.24 bits per heavy atom. The van der Waals surface area contributed by atoms with Crippen LogP contribution in [-0.2, 0) is 14.3 Å². The molecule has 0 unspecified atom stereocenters. The Morgan fingerprint density at radius 3 is 2.94 bits per heavy atom. The predicted molar refractivity (Wildman–Crippen MR) is 66.0 cm³/mol. The molecule has 0 bridgehead atoms. The van der Waals surface area contributed by atoms with Gasteiger partial charge in [-0.25, -0.2) is 4.98 Å². The Morgan fingerprint density at radius 1 is 1.47 bits per heavy atom. The maximum absolute atomic E-state index is 11.7. The van der Waals surface area contributed by atoms with Gasteiger partial charge in [0.25, 0.3) is 0 Å². The summed E-state index contributed by atoms with van der Waals surface area (Å²) >= 11 is 1.76. The number of para-hydroxylation sites is 1. The number of aromatic nitrogens is 1. The van der Waals surface area contributed by atoms with Crippen LogP contribution < -0.4 is 0 Å². The molecular formula is C9H6N2O3S3. The second-order valence-corrected chi connectivity index (χ2v) is 6.40. The lowest BCUT2D eigenvalue weighted by Gasteiger charge is -1.97. The third kappa shape index (κ3) is 2.76. The summed E-state index contributed by atoms with van der Waals surface area (Å²) in [6, 6.07) is 7.11. The highest BCUT2D eigenvalue weighted by molar-refractivity contribution is 8.04. The van der Waals surface area contributed by atoms with Crippen molar-refractivity contribution in [1.82, 2.24) is 4.98 Å². The molecule has 1 aromatic carbocycles. The average molecular weight is 286 g/mol. The van der Waals surface area contributed by atoms with Crippen LogP contribution in [0.15, 0.2) is 28.6 Å². The lowest BCUT2D eigenvalue weighted by molar-refractivity contribution is 0.381. The predicted octanol–water partition coefficient (Wildman–Crippen LogP) is 2.17. The molecule has 0 aliphatic heterocycles. The number of hydrogen-bond acceptors (Lipinski definition) is 7. The average Bonchev–Trinajstić information content (AvgIpc) is 2.73. The standard InChI is InChI=1S/C9H6N2O3S3/c10-5-15-6-14-17(12,13)9-11-7-3-1-2-4-8(7)16-9/h1-4H,6H2. The van der Waals surface area contributed by atoms with Gasteiger partial charge in [-0.3, -0.25) is 4.18 Å². The number of benzene rings is 1. The summed E-state index contributed by atoms with van der Waals surface area (Å²) in [5, 5.41) is 10.0. The van der Waals surface area contributed by atoms with Crippen molar-refractivity contribution in [3.05, 3.63) is 24.3 Å². The van der Waals surface area contributed by atoms with E-state index in [9.17, 15) is 8.42 Å². The number of nitrogens with zero attached hydrogens (tertiary/aromatic N) is 2. The summed E-state index contributed by atoms with van der Waals surface area (Å²) in [6.07, 6.45) is 0. The summed E-state index contributed by atoms with van der Waals surface area (Å²) in [7, 11) is -3.86. The van der Waals surface area contributed by atoms with E-state index in [1.807, 2.05) is 6.07 Å². The second kappa shape index (κ2) is 5.01. The largest absolute Gasteiger partial charge is 0.325 e. The highest BCUT2D eigenvalue weighted by atomic mass is 32.3. The molecule has 2 rings (SSSR count). The smallest absolute Gasteiger partial charge is 0.253 e. The molecule has 0 aliphatic rings. The van der Waals surface area contributed by atoms with Crippen molar-refractivity contribution in [3.63, 3.8) is 0 Å². The minimum atomic E-state index is -3.86. The van der Waals surface area contributed by atoms with Gasteiger partial charge in [0.2, 0.25) is 4.34 Å². The number of thiazole rings is 1. The molecule has 0 radical (unpaired) electrons. The third-order valence-corrected chi connectivity index (χ3v) is 4.97. The van der Waals surface area contributed by atoms with Gasteiger partial charge >= 0.3 is 10.1 Å². The highest BCUT2D eigenvalue weighted by Gasteiger charge is 2.20. The fraction of sp³-hybridized carbons (Fsp3) is 0.111. The van der Waals surface area contributed by atoms with Gasteiger partial charge in [-0.1, -0.05) is 12.1 Å². The van der Waals surface area contributed by atoms with Gasteiger partial charge in [0.15, 0.2) is 0 Å². The molecule has 0 saturated heterocycles. The van der Waals surface area contributed by atoms with Gasteiger partial charge in [-0.05, 0) is 23.9 Å². The van der Waals surface area contributed by atoms with Crippen molar-refractivity contribution < 1.29 is 12.6 Å². The number of fused-ring (bicyclic) bond motifs is 1. The van der Waals surface area contributed by atoms with Crippen molar-refractivity contribution in [2.75, 3.05) is 5.94 Å². The molecule has 1 aromatic heterocycles. The molecule has 2 aromatic rings. The normalized spacial score (nSPS) is 11.5. The van der Waals surface area contributed by atoms with E-state index in [0.717, 1.165) is 27.8 Å². The number of thiocyanates is 1. The van der Waals surface area contributed by atoms with E-state index in [1.54, 1.807) is 23.6 Å². The lowest BCUT2D eigenvalue weighted by atomic mass is 10.3. The molecule has 1 heterocycles. The van der Waals surface area contributed by atoms with E-state index in [2.05, 4.69) is 9.17 Å². The zero-order chi connectivity index (χ0) is 12.3. The fourth-order valence-corrected chi connectivity index (χ4v) is 3.70. The zero-order valence-corrected chi connectivity index (χ0v) is 10.8. The molecule has 0 fully saturated rings. The maximum atomic E-state index is 11.7. The first-order valence-corrected chi connectivity index (χ1v) is 7.60. The van der Waals surface area contributed by atoms with Crippen LogP contribution in [0.2, 0.25) is 0 Å². The van der Waals surface area contributed by atoms with Crippen molar-refractivity contribution in [3.8, 4) is 5.40 Å². The molecule has 0 atom stereocenters. The summed E-state index contributed by atoms with van der Waals surface area (Å²) in [6.45, 7) is 0. The first-order valence-electron chi connectivity index (χ1n) is 4.39. The molecule has 0 N–H and O–H groups in total. The van der Waals surface area contributed by atoms with Gasteiger partial charge in [-0.2, -0.15) is 13.7 Å². The Kier molecular flexibility index (Phi) is 3.63. The number of nitriles is 1. The number of thioether (sulfide) groups is 1. The van der Waals surface area contributed by atoms with Gasteiger partial charge in [0.1, 0.15) is 11.3 Å². The van der Waals surface area contributed by atoms with Gasteiger partial charge in [-0.15, -0.1) is 11.3 Å². The maximum Gasteiger partial charge on any atom is 0.325 e. The van der Waals surface area contributed by atoms with Crippen LogP contribution in [-0.4, -0.2) is 19.3 Å². The van der Waals surface area contributed by atoms with Crippen molar-refractivity contribution in [2.24, 2.45) is 0 Å². The van der Waals surface area contributed by atoms with Gasteiger partial charge in [0.05, 0.1) is 10.2 Å². The molecule has 0 spiro atoms. The van der Waals surface area contributed by atoms with Crippen LogP contribution in [0.25, 0.3) is 10.2 Å². The first kappa shape index (κ1) is 12.3. The van der Waals surface area contributed by atoms with E-state index in [1.165, 1.54) is 0 Å². The molecule has 0 saturated carbocycles. The van der Waals surface area contributed by atoms with E-state index in [0.29, 0.717) is 5.52 Å². The quantitative estimate of drug-likeness (QED) is 0.371. The SMILES string of the molecule is N#CSCOS(=O)(=O)c1nc2ccccc2s1. The summed E-state index contributed by atoms with van der Waals surface area (Å²) in [4.78, 5) is 3.98. The molecule has 17 heavy (non-hydrogen) atoms. The topological polar surface area (TPSA) is 80.0 Å². The highest BCUT2D eigenvalue weighted by Crippen LogP contribution is 2.26. The van der Waals surface area contributed by atoms with Crippen LogP contribution in [0.5, 0.6) is 0 Å². The van der Waals surface area contributed by atoms with Crippen LogP contribution in [0.4, 0.5) is 0 Å². The summed E-state index contributed by atoms with van der Waals surface area (Å²) in [5.74, 6) is -0.227. The minimum Gasteiger partial charge on any atom is -0.253 e. The summed E-state index contributed by atoms with van der Waals surface area (Å²) in [5.41, 5.74) is 0.618. The van der Waals surface area contributed by atoms with E-state index < -0.39 is 10.1 Å². The number of rotatable bonds is 4. The Hall–Kier alpha value is -1.14. The zero-order valence-electron chi connectivity index (χ0n) is 8.36. The molecule has 0 amide bonds. The van der Waals surface area contributed by atoms with E-state index in [4.69, 9.17) is 5.26 Å². The van der Waals surface area contributed by atoms with E-state index in [-0.39, 0.29) is 10.3 Å². The molecule has 0 aliphatic carbocycles. The molecule has 5 nitrogen and oxygen atoms in total. The molecule has 88 valence electrons.